The third kappa shape index (κ3) is 6.82. The number of nitrogens with one attached hydrogen (secondary N) is 1. The van der Waals surface area contributed by atoms with E-state index >= 15 is 0 Å². The average Bonchev–Trinajstić information content (AvgIpc) is 2.78. The molecule has 1 amide bonds. The van der Waals surface area contributed by atoms with Gasteiger partial charge in [0.15, 0.2) is 0 Å². The van der Waals surface area contributed by atoms with Crippen molar-refractivity contribution in [3.63, 3.8) is 0 Å². The summed E-state index contributed by atoms with van der Waals surface area (Å²) < 4.78 is 34.4. The van der Waals surface area contributed by atoms with Gasteiger partial charge in [-0.1, -0.05) is 51.3 Å². The van der Waals surface area contributed by atoms with Gasteiger partial charge in [-0.2, -0.15) is 0 Å². The Morgan fingerprint density at radius 3 is 2.06 bits per heavy atom. The number of carbonyl (C=O) groups is 1. The molecule has 6 nitrogen and oxygen atoms in total. The van der Waals surface area contributed by atoms with Crippen LogP contribution in [0.2, 0.25) is 0 Å². The Morgan fingerprint density at radius 1 is 0.939 bits per heavy atom. The molecule has 0 bridgehead atoms. The fraction of sp³-hybridized carbons (Fsp3) is 0.240. The van der Waals surface area contributed by atoms with Gasteiger partial charge in [-0.15, -0.1) is 0 Å². The molecule has 0 aliphatic carbocycles. The van der Waals surface area contributed by atoms with E-state index in [-0.39, 0.29) is 24.1 Å². The van der Waals surface area contributed by atoms with Crippen LogP contribution in [0.3, 0.4) is 0 Å². The topological polar surface area (TPSA) is 75.7 Å². The molecule has 3 aromatic carbocycles. The molecule has 0 spiro atoms. The summed E-state index contributed by atoms with van der Waals surface area (Å²) in [6, 6.07) is 20.7. The number of benzene rings is 3. The van der Waals surface area contributed by atoms with Crippen LogP contribution in [0.5, 0.6) is 5.75 Å². The fourth-order valence-corrected chi connectivity index (χ4v) is 4.79. The van der Waals surface area contributed by atoms with Gasteiger partial charge in [0.2, 0.25) is 5.91 Å². The molecule has 33 heavy (non-hydrogen) atoms. The van der Waals surface area contributed by atoms with Crippen molar-refractivity contribution in [1.29, 1.82) is 0 Å². The zero-order valence-corrected chi connectivity index (χ0v) is 21.2. The van der Waals surface area contributed by atoms with Gasteiger partial charge in [-0.3, -0.25) is 9.10 Å². The molecule has 3 aromatic rings. The number of hydrogen-bond donors (Lipinski definition) is 1. The van der Waals surface area contributed by atoms with Crippen molar-refractivity contribution in [2.45, 2.75) is 31.7 Å². The van der Waals surface area contributed by atoms with E-state index in [1.807, 2.05) is 45.0 Å². The van der Waals surface area contributed by atoms with Crippen LogP contribution in [0.25, 0.3) is 0 Å². The maximum atomic E-state index is 13.4. The maximum Gasteiger partial charge on any atom is 0.264 e. The van der Waals surface area contributed by atoms with E-state index in [0.717, 1.165) is 19.9 Å². The Balaban J connectivity index is 1.73. The highest BCUT2D eigenvalue weighted by molar-refractivity contribution is 9.10. The number of amides is 1. The van der Waals surface area contributed by atoms with Gasteiger partial charge in [0.05, 0.1) is 16.6 Å². The second-order valence-corrected chi connectivity index (χ2v) is 10.7. The standard InChI is InChI=1S/C25H27BrN2O4S/c1-18-4-12-23(13-5-18)32-17-20(3)27-25(29)16-28(22-10-8-21(26)9-11-22)33(30,31)24-14-6-19(2)7-15-24/h4-15,20H,16-17H2,1-3H3,(H,27,29). The first-order chi connectivity index (χ1) is 15.6. The number of anilines is 1. The van der Waals surface area contributed by atoms with Gasteiger partial charge in [0, 0.05) is 4.47 Å². The molecule has 0 heterocycles. The molecular weight excluding hydrogens is 504 g/mol. The average molecular weight is 531 g/mol. The fourth-order valence-electron chi connectivity index (χ4n) is 3.11. The Hall–Kier alpha value is -2.84. The van der Waals surface area contributed by atoms with Gasteiger partial charge < -0.3 is 10.1 Å². The molecule has 174 valence electrons. The lowest BCUT2D eigenvalue weighted by Gasteiger charge is -2.25. The van der Waals surface area contributed by atoms with E-state index in [2.05, 4.69) is 21.2 Å². The molecule has 0 radical (unpaired) electrons. The number of halogens is 1. The third-order valence-corrected chi connectivity index (χ3v) is 7.26. The largest absolute Gasteiger partial charge is 0.491 e. The van der Waals surface area contributed by atoms with E-state index in [9.17, 15) is 13.2 Å². The SMILES string of the molecule is Cc1ccc(OCC(C)NC(=O)CN(c2ccc(Br)cc2)S(=O)(=O)c2ccc(C)cc2)cc1. The van der Waals surface area contributed by atoms with Crippen molar-refractivity contribution in [3.05, 3.63) is 88.4 Å². The molecule has 0 aliphatic rings. The number of rotatable bonds is 9. The molecule has 0 saturated carbocycles. The summed E-state index contributed by atoms with van der Waals surface area (Å²) in [7, 11) is -3.95. The molecule has 1 atom stereocenters. The van der Waals surface area contributed by atoms with E-state index in [0.29, 0.717) is 11.4 Å². The van der Waals surface area contributed by atoms with Crippen LogP contribution in [-0.4, -0.2) is 33.5 Å². The summed E-state index contributed by atoms with van der Waals surface area (Å²) in [6.07, 6.45) is 0. The second-order valence-electron chi connectivity index (χ2n) is 7.89. The lowest BCUT2D eigenvalue weighted by Crippen LogP contribution is -2.45. The molecule has 0 saturated heterocycles. The second kappa shape index (κ2) is 10.9. The smallest absolute Gasteiger partial charge is 0.264 e. The van der Waals surface area contributed by atoms with Gasteiger partial charge in [-0.05, 0) is 69.3 Å². The first kappa shape index (κ1) is 24.8. The van der Waals surface area contributed by atoms with Crippen LogP contribution in [-0.2, 0) is 14.8 Å². The molecule has 0 fully saturated rings. The number of carbonyl (C=O) groups excluding carboxylic acids is 1. The summed E-state index contributed by atoms with van der Waals surface area (Å²) in [6.45, 7) is 5.60. The Morgan fingerprint density at radius 2 is 1.48 bits per heavy atom. The van der Waals surface area contributed by atoms with Gasteiger partial charge in [0.25, 0.3) is 10.0 Å². The first-order valence-electron chi connectivity index (χ1n) is 10.5. The highest BCUT2D eigenvalue weighted by Crippen LogP contribution is 2.25. The number of hydrogen-bond acceptors (Lipinski definition) is 4. The van der Waals surface area contributed by atoms with Crippen LogP contribution in [0.4, 0.5) is 5.69 Å². The van der Waals surface area contributed by atoms with Gasteiger partial charge >= 0.3 is 0 Å². The first-order valence-corrected chi connectivity index (χ1v) is 12.7. The van der Waals surface area contributed by atoms with Crippen LogP contribution in [0.1, 0.15) is 18.1 Å². The number of aryl methyl sites for hydroxylation is 2. The molecular formula is C25H27BrN2O4S. The van der Waals surface area contributed by atoms with Crippen LogP contribution in [0, 0.1) is 13.8 Å². The van der Waals surface area contributed by atoms with E-state index in [1.165, 1.54) is 0 Å². The van der Waals surface area contributed by atoms with Crippen LogP contribution < -0.4 is 14.4 Å². The van der Waals surface area contributed by atoms with Crippen molar-refractivity contribution in [2.75, 3.05) is 17.5 Å². The van der Waals surface area contributed by atoms with Crippen molar-refractivity contribution in [3.8, 4) is 5.75 Å². The predicted octanol–water partition coefficient (Wildman–Crippen LogP) is 4.84. The van der Waals surface area contributed by atoms with Crippen molar-refractivity contribution in [2.24, 2.45) is 0 Å². The molecule has 3 rings (SSSR count). The molecule has 8 heteroatoms. The van der Waals surface area contributed by atoms with E-state index in [4.69, 9.17) is 4.74 Å². The molecule has 1 N–H and O–H groups in total. The molecule has 1 unspecified atom stereocenters. The van der Waals surface area contributed by atoms with Crippen LogP contribution in [0.15, 0.2) is 82.2 Å². The van der Waals surface area contributed by atoms with E-state index in [1.54, 1.807) is 48.5 Å². The molecule has 0 aromatic heterocycles. The summed E-state index contributed by atoms with van der Waals surface area (Å²) in [5.74, 6) is 0.286. The summed E-state index contributed by atoms with van der Waals surface area (Å²) in [5, 5.41) is 2.83. The van der Waals surface area contributed by atoms with Crippen molar-refractivity contribution < 1.29 is 17.9 Å². The number of nitrogens with zero attached hydrogens (tertiary/aromatic N) is 1. The lowest BCUT2D eigenvalue weighted by atomic mass is 10.2. The number of ether oxygens (including phenoxy) is 1. The summed E-state index contributed by atoms with van der Waals surface area (Å²) >= 11 is 3.36. The normalized spacial score (nSPS) is 12.1. The Labute approximate surface area is 203 Å². The minimum absolute atomic E-state index is 0.125. The zero-order chi connectivity index (χ0) is 24.0. The lowest BCUT2D eigenvalue weighted by molar-refractivity contribution is -0.120. The Kier molecular flexibility index (Phi) is 8.15. The van der Waals surface area contributed by atoms with E-state index < -0.39 is 15.9 Å². The molecule has 0 aliphatic heterocycles. The monoisotopic (exact) mass is 530 g/mol. The van der Waals surface area contributed by atoms with Gasteiger partial charge in [-0.25, -0.2) is 8.42 Å². The van der Waals surface area contributed by atoms with Crippen molar-refractivity contribution >= 4 is 37.5 Å². The quantitative estimate of drug-likeness (QED) is 0.429. The minimum atomic E-state index is -3.95. The highest BCUT2D eigenvalue weighted by atomic mass is 79.9. The maximum absolute atomic E-state index is 13.4. The van der Waals surface area contributed by atoms with Crippen LogP contribution >= 0.6 is 15.9 Å². The summed E-state index contributed by atoms with van der Waals surface area (Å²) in [5.41, 5.74) is 2.48. The van der Waals surface area contributed by atoms with Gasteiger partial charge in [0.1, 0.15) is 18.9 Å². The third-order valence-electron chi connectivity index (χ3n) is 4.94. The minimum Gasteiger partial charge on any atom is -0.491 e. The highest BCUT2D eigenvalue weighted by Gasteiger charge is 2.27. The van der Waals surface area contributed by atoms with Crippen molar-refractivity contribution in [1.82, 2.24) is 5.32 Å². The summed E-state index contributed by atoms with van der Waals surface area (Å²) in [4.78, 5) is 12.9. The predicted molar refractivity (Wildman–Crippen MR) is 134 cm³/mol. The number of sulfonamides is 1. The Bertz CT molecular complexity index is 1180. The zero-order valence-electron chi connectivity index (χ0n) is 18.8.